The van der Waals surface area contributed by atoms with Crippen molar-refractivity contribution in [3.05, 3.63) is 27.5 Å². The maximum atomic E-state index is 11.8. The van der Waals surface area contributed by atoms with E-state index in [1.54, 1.807) is 6.92 Å². The van der Waals surface area contributed by atoms with E-state index in [0.717, 1.165) is 0 Å². The SMILES string of the molecule is COC(=O)c1c(C)nc(C(C)C)c(C(=O)OC)c1Cl. The second-order valence-corrected chi connectivity index (χ2v) is 4.66. The Morgan fingerprint density at radius 3 is 2.00 bits per heavy atom. The van der Waals surface area contributed by atoms with Gasteiger partial charge in [-0.1, -0.05) is 25.4 Å². The predicted octanol–water partition coefficient (Wildman–Crippen LogP) is 2.74. The normalized spacial score (nSPS) is 10.5. The molecule has 0 bridgehead atoms. The van der Waals surface area contributed by atoms with Crippen LogP contribution in [-0.4, -0.2) is 31.1 Å². The van der Waals surface area contributed by atoms with Crippen LogP contribution in [0.5, 0.6) is 0 Å². The van der Waals surface area contributed by atoms with E-state index >= 15 is 0 Å². The monoisotopic (exact) mass is 285 g/mol. The van der Waals surface area contributed by atoms with E-state index in [2.05, 4.69) is 9.72 Å². The molecule has 1 rings (SSSR count). The fourth-order valence-electron chi connectivity index (χ4n) is 1.74. The van der Waals surface area contributed by atoms with Gasteiger partial charge in [0.25, 0.3) is 0 Å². The minimum Gasteiger partial charge on any atom is -0.465 e. The van der Waals surface area contributed by atoms with Crippen molar-refractivity contribution in [1.29, 1.82) is 0 Å². The highest BCUT2D eigenvalue weighted by atomic mass is 35.5. The minimum absolute atomic E-state index is 0.0231. The fraction of sp³-hybridized carbons (Fsp3) is 0.462. The van der Waals surface area contributed by atoms with Gasteiger partial charge in [0.1, 0.15) is 11.1 Å². The molecule has 0 aliphatic heterocycles. The molecule has 1 heterocycles. The van der Waals surface area contributed by atoms with Gasteiger partial charge in [0.15, 0.2) is 0 Å². The number of aromatic nitrogens is 1. The molecule has 0 amide bonds. The average molecular weight is 286 g/mol. The van der Waals surface area contributed by atoms with Crippen molar-refractivity contribution >= 4 is 23.5 Å². The Hall–Kier alpha value is -1.62. The van der Waals surface area contributed by atoms with Crippen LogP contribution in [0.15, 0.2) is 0 Å². The molecular formula is C13H16ClNO4. The van der Waals surface area contributed by atoms with Crippen LogP contribution in [0.2, 0.25) is 5.02 Å². The van der Waals surface area contributed by atoms with Gasteiger partial charge in [-0.05, 0) is 12.8 Å². The van der Waals surface area contributed by atoms with Crippen LogP contribution in [0.3, 0.4) is 0 Å². The summed E-state index contributed by atoms with van der Waals surface area (Å²) in [6.07, 6.45) is 0. The molecule has 1 aromatic rings. The highest BCUT2D eigenvalue weighted by molar-refractivity contribution is 6.36. The molecule has 0 aromatic carbocycles. The third-order valence-corrected chi connectivity index (χ3v) is 3.05. The smallest absolute Gasteiger partial charge is 0.341 e. The maximum Gasteiger partial charge on any atom is 0.341 e. The van der Waals surface area contributed by atoms with Gasteiger partial charge in [0.2, 0.25) is 0 Å². The number of carbonyl (C=O) groups excluding carboxylic acids is 2. The van der Waals surface area contributed by atoms with Gasteiger partial charge in [-0.2, -0.15) is 0 Å². The summed E-state index contributed by atoms with van der Waals surface area (Å²) in [4.78, 5) is 27.8. The van der Waals surface area contributed by atoms with Crippen LogP contribution >= 0.6 is 11.6 Å². The first kappa shape index (κ1) is 15.4. The van der Waals surface area contributed by atoms with Crippen LogP contribution in [-0.2, 0) is 9.47 Å². The van der Waals surface area contributed by atoms with Crippen molar-refractivity contribution in [2.45, 2.75) is 26.7 Å². The second kappa shape index (κ2) is 6.02. The molecule has 0 N–H and O–H groups in total. The Labute approximate surface area is 116 Å². The number of carbonyl (C=O) groups is 2. The standard InChI is InChI=1S/C13H16ClNO4/c1-6(2)11-9(13(17)19-5)10(14)8(7(3)15-11)12(16)18-4/h6H,1-5H3. The largest absolute Gasteiger partial charge is 0.465 e. The lowest BCUT2D eigenvalue weighted by Crippen LogP contribution is -2.16. The van der Waals surface area contributed by atoms with E-state index in [4.69, 9.17) is 16.3 Å². The Kier molecular flexibility index (Phi) is 4.89. The molecule has 19 heavy (non-hydrogen) atoms. The van der Waals surface area contributed by atoms with Crippen LogP contribution in [0.4, 0.5) is 0 Å². The van der Waals surface area contributed by atoms with Gasteiger partial charge in [0, 0.05) is 0 Å². The zero-order chi connectivity index (χ0) is 14.7. The van der Waals surface area contributed by atoms with Crippen LogP contribution in [0, 0.1) is 6.92 Å². The highest BCUT2D eigenvalue weighted by Gasteiger charge is 2.27. The summed E-state index contributed by atoms with van der Waals surface area (Å²) in [5.74, 6) is -1.28. The van der Waals surface area contributed by atoms with Crippen molar-refractivity contribution in [2.75, 3.05) is 14.2 Å². The molecule has 0 radical (unpaired) electrons. The zero-order valence-corrected chi connectivity index (χ0v) is 12.3. The molecular weight excluding hydrogens is 270 g/mol. The van der Waals surface area contributed by atoms with E-state index in [1.807, 2.05) is 13.8 Å². The number of hydrogen-bond acceptors (Lipinski definition) is 5. The fourth-order valence-corrected chi connectivity index (χ4v) is 2.13. The Morgan fingerprint density at radius 2 is 1.58 bits per heavy atom. The number of rotatable bonds is 3. The van der Waals surface area contributed by atoms with Crippen LogP contribution in [0.25, 0.3) is 0 Å². The van der Waals surface area contributed by atoms with E-state index in [9.17, 15) is 9.59 Å². The lowest BCUT2D eigenvalue weighted by atomic mass is 10.00. The van der Waals surface area contributed by atoms with E-state index < -0.39 is 11.9 Å². The van der Waals surface area contributed by atoms with Crippen LogP contribution < -0.4 is 0 Å². The predicted molar refractivity (Wildman–Crippen MR) is 70.8 cm³/mol. The first-order valence-corrected chi connectivity index (χ1v) is 6.09. The topological polar surface area (TPSA) is 65.5 Å². The molecule has 0 saturated heterocycles. The van der Waals surface area contributed by atoms with Crippen molar-refractivity contribution in [1.82, 2.24) is 4.98 Å². The Morgan fingerprint density at radius 1 is 1.11 bits per heavy atom. The van der Waals surface area contributed by atoms with Gasteiger partial charge in [0.05, 0.1) is 30.6 Å². The number of nitrogens with zero attached hydrogens (tertiary/aromatic N) is 1. The molecule has 104 valence electrons. The van der Waals surface area contributed by atoms with Crippen LogP contribution in [0.1, 0.15) is 51.9 Å². The summed E-state index contributed by atoms with van der Waals surface area (Å²) < 4.78 is 9.35. The first-order valence-electron chi connectivity index (χ1n) is 5.71. The number of aryl methyl sites for hydroxylation is 1. The number of pyridine rings is 1. The van der Waals surface area contributed by atoms with Gasteiger partial charge < -0.3 is 9.47 Å². The number of methoxy groups -OCH3 is 2. The van der Waals surface area contributed by atoms with Crippen molar-refractivity contribution in [2.24, 2.45) is 0 Å². The Bertz CT molecular complexity index is 526. The van der Waals surface area contributed by atoms with E-state index in [1.165, 1.54) is 14.2 Å². The van der Waals surface area contributed by atoms with E-state index in [0.29, 0.717) is 11.4 Å². The minimum atomic E-state index is -0.629. The summed E-state index contributed by atoms with van der Waals surface area (Å²) in [5.41, 5.74) is 1.13. The molecule has 0 aliphatic carbocycles. The Balaban J connectivity index is 3.65. The van der Waals surface area contributed by atoms with Gasteiger partial charge in [-0.15, -0.1) is 0 Å². The molecule has 0 fully saturated rings. The third-order valence-electron chi connectivity index (χ3n) is 2.67. The van der Waals surface area contributed by atoms with Crippen molar-refractivity contribution in [3.8, 4) is 0 Å². The number of ether oxygens (including phenoxy) is 2. The quantitative estimate of drug-likeness (QED) is 0.799. The maximum absolute atomic E-state index is 11.8. The average Bonchev–Trinajstić information content (AvgIpc) is 2.36. The van der Waals surface area contributed by atoms with Gasteiger partial charge in [-0.25, -0.2) is 9.59 Å². The summed E-state index contributed by atoms with van der Waals surface area (Å²) in [5, 5.41) is 0.0231. The molecule has 5 nitrogen and oxygen atoms in total. The van der Waals surface area contributed by atoms with Crippen molar-refractivity contribution < 1.29 is 19.1 Å². The lowest BCUT2D eigenvalue weighted by Gasteiger charge is -2.16. The summed E-state index contributed by atoms with van der Waals surface area (Å²) in [7, 11) is 2.49. The lowest BCUT2D eigenvalue weighted by molar-refractivity contribution is 0.0597. The summed E-state index contributed by atoms with van der Waals surface area (Å²) in [6.45, 7) is 5.40. The van der Waals surface area contributed by atoms with Gasteiger partial charge >= 0.3 is 11.9 Å². The summed E-state index contributed by atoms with van der Waals surface area (Å²) >= 11 is 6.17. The molecule has 0 unspecified atom stereocenters. The van der Waals surface area contributed by atoms with Gasteiger partial charge in [-0.3, -0.25) is 4.98 Å². The molecule has 0 atom stereocenters. The zero-order valence-electron chi connectivity index (χ0n) is 11.5. The number of hydrogen-bond donors (Lipinski definition) is 0. The third kappa shape index (κ3) is 2.87. The number of halogens is 1. The first-order chi connectivity index (χ1) is 8.84. The summed E-state index contributed by atoms with van der Waals surface area (Å²) in [6, 6.07) is 0. The molecule has 1 aromatic heterocycles. The highest BCUT2D eigenvalue weighted by Crippen LogP contribution is 2.30. The van der Waals surface area contributed by atoms with E-state index in [-0.39, 0.29) is 22.1 Å². The number of esters is 2. The molecule has 6 heteroatoms. The molecule has 0 saturated carbocycles. The second-order valence-electron chi connectivity index (χ2n) is 4.28. The molecule has 0 aliphatic rings. The van der Waals surface area contributed by atoms with Crippen molar-refractivity contribution in [3.63, 3.8) is 0 Å². The molecule has 0 spiro atoms.